The predicted octanol–water partition coefficient (Wildman–Crippen LogP) is 3.48. The summed E-state index contributed by atoms with van der Waals surface area (Å²) >= 11 is 1.61. The van der Waals surface area contributed by atoms with Crippen molar-refractivity contribution in [2.75, 3.05) is 33.0 Å². The van der Waals surface area contributed by atoms with Crippen molar-refractivity contribution in [2.45, 2.75) is 6.04 Å². The second-order valence-corrected chi connectivity index (χ2v) is 8.38. The summed E-state index contributed by atoms with van der Waals surface area (Å²) in [5.74, 6) is 1.93. The maximum Gasteiger partial charge on any atom is 0.246 e. The number of carbonyl (C=O) groups excluding carboxylic acids is 1. The van der Waals surface area contributed by atoms with Gasteiger partial charge in [-0.2, -0.15) is 0 Å². The van der Waals surface area contributed by atoms with Gasteiger partial charge >= 0.3 is 0 Å². The number of likely N-dealkylation sites (tertiary alicyclic amines) is 1. The highest BCUT2D eigenvalue weighted by Gasteiger charge is 2.33. The van der Waals surface area contributed by atoms with E-state index in [4.69, 9.17) is 15.2 Å². The molecular weight excluding hydrogens is 414 g/mol. The van der Waals surface area contributed by atoms with Crippen molar-refractivity contribution >= 4 is 44.2 Å². The van der Waals surface area contributed by atoms with E-state index in [0.29, 0.717) is 18.9 Å². The highest BCUT2D eigenvalue weighted by molar-refractivity contribution is 7.22. The SMILES string of the molecule is C=CC(=O)N1CC(n2cc(-c3cc4c(OC)ccc(OC)c4s3)c3c(N)ncnc32)C1. The molecule has 0 bridgehead atoms. The molecule has 1 amide bonds. The molecule has 3 aromatic heterocycles. The standard InChI is InChI=1S/C22H21N5O3S/c1-4-18(28)26-8-12(9-26)27-10-14(19-21(23)24-11-25-22(19)27)17-7-13-15(29-2)5-6-16(30-3)20(13)31-17/h4-7,10-12H,1,8-9H2,2-3H3,(H2,23,24,25). The first-order chi connectivity index (χ1) is 15.0. The van der Waals surface area contributed by atoms with Gasteiger partial charge in [-0.1, -0.05) is 6.58 Å². The fourth-order valence-corrected chi connectivity index (χ4v) is 5.24. The number of rotatable bonds is 5. The number of fused-ring (bicyclic) bond motifs is 2. The number of nitrogens with two attached hydrogens (primary N) is 1. The zero-order chi connectivity index (χ0) is 21.7. The number of hydrogen-bond donors (Lipinski definition) is 1. The van der Waals surface area contributed by atoms with E-state index in [2.05, 4.69) is 33.4 Å². The lowest BCUT2D eigenvalue weighted by molar-refractivity contribution is -0.131. The minimum absolute atomic E-state index is 0.0641. The molecule has 0 saturated carbocycles. The summed E-state index contributed by atoms with van der Waals surface area (Å²) in [6.07, 6.45) is 4.87. The molecule has 0 aliphatic carbocycles. The van der Waals surface area contributed by atoms with E-state index >= 15 is 0 Å². The van der Waals surface area contributed by atoms with Crippen LogP contribution in [0.2, 0.25) is 0 Å². The van der Waals surface area contributed by atoms with Crippen LogP contribution >= 0.6 is 11.3 Å². The largest absolute Gasteiger partial charge is 0.496 e. The van der Waals surface area contributed by atoms with E-state index < -0.39 is 0 Å². The maximum absolute atomic E-state index is 11.9. The predicted molar refractivity (Wildman–Crippen MR) is 122 cm³/mol. The monoisotopic (exact) mass is 435 g/mol. The molecular formula is C22H21N5O3S. The summed E-state index contributed by atoms with van der Waals surface area (Å²) in [5, 5.41) is 1.78. The third-order valence-corrected chi connectivity index (χ3v) is 6.88. The van der Waals surface area contributed by atoms with Gasteiger partial charge in [0, 0.05) is 35.1 Å². The fourth-order valence-electron chi connectivity index (χ4n) is 4.06. The van der Waals surface area contributed by atoms with Gasteiger partial charge in [0.1, 0.15) is 29.3 Å². The molecule has 1 fully saturated rings. The molecule has 5 rings (SSSR count). The Morgan fingerprint density at radius 1 is 1.26 bits per heavy atom. The summed E-state index contributed by atoms with van der Waals surface area (Å²) in [4.78, 5) is 23.4. The van der Waals surface area contributed by atoms with Gasteiger partial charge in [-0.25, -0.2) is 9.97 Å². The number of ether oxygens (including phenoxy) is 2. The Bertz CT molecular complexity index is 1300. The number of benzene rings is 1. The number of amides is 1. The smallest absolute Gasteiger partial charge is 0.246 e. The van der Waals surface area contributed by atoms with Crippen LogP contribution in [0.5, 0.6) is 11.5 Å². The Balaban J connectivity index is 1.66. The number of methoxy groups -OCH3 is 2. The molecule has 8 nitrogen and oxygen atoms in total. The second kappa shape index (κ2) is 7.28. The molecule has 0 unspecified atom stereocenters. The fraction of sp³-hybridized carbons (Fsp3) is 0.227. The Kier molecular flexibility index (Phi) is 4.55. The summed E-state index contributed by atoms with van der Waals surface area (Å²) in [7, 11) is 3.31. The molecule has 1 aliphatic rings. The van der Waals surface area contributed by atoms with Gasteiger partial charge in [0.15, 0.2) is 0 Å². The molecule has 0 spiro atoms. The topological polar surface area (TPSA) is 95.5 Å². The van der Waals surface area contributed by atoms with E-state index in [1.807, 2.05) is 12.1 Å². The average molecular weight is 436 g/mol. The average Bonchev–Trinajstić information content (AvgIpc) is 3.35. The van der Waals surface area contributed by atoms with E-state index in [0.717, 1.165) is 43.1 Å². The zero-order valence-corrected chi connectivity index (χ0v) is 18.0. The van der Waals surface area contributed by atoms with Gasteiger partial charge in [-0.15, -0.1) is 11.3 Å². The van der Waals surface area contributed by atoms with Crippen molar-refractivity contribution in [1.82, 2.24) is 19.4 Å². The molecule has 4 heterocycles. The molecule has 0 atom stereocenters. The first kappa shape index (κ1) is 19.4. The van der Waals surface area contributed by atoms with Crippen LogP contribution in [0.15, 0.2) is 43.4 Å². The first-order valence-corrected chi connectivity index (χ1v) is 10.5. The molecule has 1 saturated heterocycles. The van der Waals surface area contributed by atoms with Crippen LogP contribution in [-0.2, 0) is 4.79 Å². The van der Waals surface area contributed by atoms with Crippen molar-refractivity contribution in [2.24, 2.45) is 0 Å². The van der Waals surface area contributed by atoms with Crippen LogP contribution in [0.25, 0.3) is 31.6 Å². The number of anilines is 1. The molecule has 31 heavy (non-hydrogen) atoms. The van der Waals surface area contributed by atoms with Crippen LogP contribution in [0.3, 0.4) is 0 Å². The van der Waals surface area contributed by atoms with Gasteiger partial charge in [0.2, 0.25) is 5.91 Å². The summed E-state index contributed by atoms with van der Waals surface area (Å²) in [6, 6.07) is 6.01. The van der Waals surface area contributed by atoms with E-state index in [1.54, 1.807) is 30.5 Å². The van der Waals surface area contributed by atoms with Crippen LogP contribution in [0.4, 0.5) is 5.82 Å². The van der Waals surface area contributed by atoms with Gasteiger partial charge in [0.25, 0.3) is 0 Å². The lowest BCUT2D eigenvalue weighted by Gasteiger charge is -2.39. The van der Waals surface area contributed by atoms with Crippen molar-refractivity contribution in [3.05, 3.63) is 43.4 Å². The van der Waals surface area contributed by atoms with Crippen LogP contribution in [0.1, 0.15) is 6.04 Å². The number of thiophene rings is 1. The molecule has 2 N–H and O–H groups in total. The highest BCUT2D eigenvalue weighted by atomic mass is 32.1. The quantitative estimate of drug-likeness (QED) is 0.482. The van der Waals surface area contributed by atoms with E-state index in [9.17, 15) is 4.79 Å². The third-order valence-electron chi connectivity index (χ3n) is 5.69. The first-order valence-electron chi connectivity index (χ1n) is 9.73. The van der Waals surface area contributed by atoms with Gasteiger partial charge < -0.3 is 24.7 Å². The van der Waals surface area contributed by atoms with Crippen molar-refractivity contribution in [3.8, 4) is 21.9 Å². The van der Waals surface area contributed by atoms with Crippen LogP contribution < -0.4 is 15.2 Å². The van der Waals surface area contributed by atoms with Gasteiger partial charge in [0.05, 0.1) is 30.3 Å². The minimum atomic E-state index is -0.0641. The normalized spacial score (nSPS) is 14.1. The summed E-state index contributed by atoms with van der Waals surface area (Å²) in [6.45, 7) is 4.77. The molecule has 158 valence electrons. The number of nitrogens with zero attached hydrogens (tertiary/aromatic N) is 4. The Hall–Kier alpha value is -3.59. The Morgan fingerprint density at radius 2 is 2.00 bits per heavy atom. The molecule has 4 aromatic rings. The van der Waals surface area contributed by atoms with Crippen LogP contribution in [0, 0.1) is 0 Å². The highest BCUT2D eigenvalue weighted by Crippen LogP contribution is 2.45. The van der Waals surface area contributed by atoms with Crippen molar-refractivity contribution in [3.63, 3.8) is 0 Å². The molecule has 1 aliphatic heterocycles. The van der Waals surface area contributed by atoms with Crippen molar-refractivity contribution in [1.29, 1.82) is 0 Å². The van der Waals surface area contributed by atoms with Crippen molar-refractivity contribution < 1.29 is 14.3 Å². The zero-order valence-electron chi connectivity index (χ0n) is 17.2. The lowest BCUT2D eigenvalue weighted by Crippen LogP contribution is -2.50. The molecule has 1 aromatic carbocycles. The Morgan fingerprint density at radius 3 is 2.71 bits per heavy atom. The number of aromatic nitrogens is 3. The lowest BCUT2D eigenvalue weighted by atomic mass is 10.1. The Labute approximate surface area is 182 Å². The number of hydrogen-bond acceptors (Lipinski definition) is 7. The number of carbonyl (C=O) groups is 1. The summed E-state index contributed by atoms with van der Waals surface area (Å²) < 4.78 is 14.2. The molecule has 9 heteroatoms. The number of nitrogen functional groups attached to an aromatic ring is 1. The maximum atomic E-state index is 11.9. The van der Waals surface area contributed by atoms with E-state index in [-0.39, 0.29) is 11.9 Å². The minimum Gasteiger partial charge on any atom is -0.496 e. The van der Waals surface area contributed by atoms with Gasteiger partial charge in [-0.05, 0) is 24.3 Å². The van der Waals surface area contributed by atoms with Crippen LogP contribution in [-0.4, -0.2) is 52.7 Å². The molecule has 0 radical (unpaired) electrons. The summed E-state index contributed by atoms with van der Waals surface area (Å²) in [5.41, 5.74) is 7.99. The second-order valence-electron chi connectivity index (χ2n) is 7.33. The third kappa shape index (κ3) is 2.92. The van der Waals surface area contributed by atoms with Gasteiger partial charge in [-0.3, -0.25) is 4.79 Å². The van der Waals surface area contributed by atoms with E-state index in [1.165, 1.54) is 12.4 Å².